The van der Waals surface area contributed by atoms with Crippen LogP contribution >= 0.6 is 0 Å². The number of carbonyl (C=O) groups is 1. The summed E-state index contributed by atoms with van der Waals surface area (Å²) in [5, 5.41) is 3.14. The number of aryl methyl sites for hydroxylation is 3. The van der Waals surface area contributed by atoms with Crippen LogP contribution in [-0.4, -0.2) is 38.6 Å². The molecule has 1 aliphatic rings. The highest BCUT2D eigenvalue weighted by Crippen LogP contribution is 2.21. The average molecular weight is 354 g/mol. The Bertz CT molecular complexity index is 726. The Morgan fingerprint density at radius 3 is 2.12 bits per heavy atom. The zero-order chi connectivity index (χ0) is 18.5. The first-order valence-electron chi connectivity index (χ1n) is 9.60. The maximum Gasteiger partial charge on any atom is 0.279 e. The van der Waals surface area contributed by atoms with Crippen molar-refractivity contribution in [2.24, 2.45) is 0 Å². The van der Waals surface area contributed by atoms with Crippen LogP contribution in [0.4, 0.5) is 5.69 Å². The average Bonchev–Trinajstić information content (AvgIpc) is 2.61. The first-order chi connectivity index (χ1) is 12.5. The number of hydrogen-bond acceptors (Lipinski definition) is 1. The molecule has 0 saturated carbocycles. The lowest BCUT2D eigenvalue weighted by Crippen LogP contribution is -3.28. The largest absolute Gasteiger partial charge is 0.322 e. The lowest BCUT2D eigenvalue weighted by atomic mass is 10.1. The maximum absolute atomic E-state index is 12.5. The van der Waals surface area contributed by atoms with E-state index in [1.165, 1.54) is 16.0 Å². The second kappa shape index (κ2) is 8.47. The molecular formula is C22H31N3O+2. The Hall–Kier alpha value is -2.17. The quantitative estimate of drug-likeness (QED) is 0.721. The van der Waals surface area contributed by atoms with Crippen LogP contribution in [0.1, 0.15) is 22.3 Å². The smallest absolute Gasteiger partial charge is 0.279 e. The van der Waals surface area contributed by atoms with E-state index in [0.29, 0.717) is 6.54 Å². The van der Waals surface area contributed by atoms with E-state index in [2.05, 4.69) is 68.6 Å². The molecule has 3 rings (SSSR count). The molecule has 4 nitrogen and oxygen atoms in total. The van der Waals surface area contributed by atoms with Gasteiger partial charge in [0, 0.05) is 11.3 Å². The van der Waals surface area contributed by atoms with Crippen molar-refractivity contribution in [3.8, 4) is 0 Å². The van der Waals surface area contributed by atoms with Crippen molar-refractivity contribution in [2.75, 3.05) is 38.0 Å². The minimum absolute atomic E-state index is 0.126. The van der Waals surface area contributed by atoms with Gasteiger partial charge in [0.15, 0.2) is 6.54 Å². The second-order valence-corrected chi connectivity index (χ2v) is 7.66. The number of hydrogen-bond donors (Lipinski definition) is 3. The molecular weight excluding hydrogens is 322 g/mol. The third-order valence-electron chi connectivity index (χ3n) is 5.31. The highest BCUT2D eigenvalue weighted by Gasteiger charge is 2.25. The van der Waals surface area contributed by atoms with Gasteiger partial charge < -0.3 is 15.1 Å². The number of quaternary nitrogens is 2. The number of nitrogens with one attached hydrogen (secondary N) is 3. The van der Waals surface area contributed by atoms with Gasteiger partial charge in [-0.05, 0) is 31.9 Å². The summed E-state index contributed by atoms with van der Waals surface area (Å²) in [6, 6.07) is 14.9. The van der Waals surface area contributed by atoms with Gasteiger partial charge in [0.25, 0.3) is 5.91 Å². The summed E-state index contributed by atoms with van der Waals surface area (Å²) in [6.07, 6.45) is 0. The summed E-state index contributed by atoms with van der Waals surface area (Å²) in [5.41, 5.74) is 5.90. The molecule has 2 aromatic rings. The molecule has 1 amide bonds. The molecule has 1 saturated heterocycles. The van der Waals surface area contributed by atoms with Crippen LogP contribution in [0.25, 0.3) is 0 Å². The SMILES string of the molecule is Cc1cc(C)c(NC(=O)C[NH+]2CC[NH+](Cc3ccccc3)CC2)c(C)c1. The van der Waals surface area contributed by atoms with Gasteiger partial charge in [-0.2, -0.15) is 0 Å². The van der Waals surface area contributed by atoms with Gasteiger partial charge in [-0.1, -0.05) is 48.0 Å². The summed E-state index contributed by atoms with van der Waals surface area (Å²) in [6.45, 7) is 12.2. The maximum atomic E-state index is 12.5. The van der Waals surface area contributed by atoms with E-state index in [9.17, 15) is 4.79 Å². The molecule has 0 aliphatic carbocycles. The Morgan fingerprint density at radius 2 is 1.50 bits per heavy atom. The van der Waals surface area contributed by atoms with E-state index in [0.717, 1.165) is 49.5 Å². The summed E-state index contributed by atoms with van der Waals surface area (Å²) < 4.78 is 0. The van der Waals surface area contributed by atoms with Gasteiger partial charge >= 0.3 is 0 Å². The topological polar surface area (TPSA) is 38.0 Å². The zero-order valence-corrected chi connectivity index (χ0v) is 16.2. The summed E-state index contributed by atoms with van der Waals surface area (Å²) >= 11 is 0. The van der Waals surface area contributed by atoms with Crippen LogP contribution in [-0.2, 0) is 11.3 Å². The number of carbonyl (C=O) groups excluding carboxylic acids is 1. The van der Waals surface area contributed by atoms with E-state index in [-0.39, 0.29) is 5.91 Å². The number of anilines is 1. The van der Waals surface area contributed by atoms with Crippen LogP contribution in [0.5, 0.6) is 0 Å². The van der Waals surface area contributed by atoms with Crippen molar-refractivity contribution in [1.82, 2.24) is 0 Å². The Morgan fingerprint density at radius 1 is 0.923 bits per heavy atom. The first-order valence-corrected chi connectivity index (χ1v) is 9.60. The van der Waals surface area contributed by atoms with Gasteiger partial charge in [-0.15, -0.1) is 0 Å². The highest BCUT2D eigenvalue weighted by molar-refractivity contribution is 5.93. The van der Waals surface area contributed by atoms with Crippen molar-refractivity contribution < 1.29 is 14.6 Å². The molecule has 26 heavy (non-hydrogen) atoms. The van der Waals surface area contributed by atoms with Crippen LogP contribution in [0.15, 0.2) is 42.5 Å². The Labute approximate surface area is 156 Å². The molecule has 0 radical (unpaired) electrons. The number of amides is 1. The number of rotatable bonds is 5. The predicted molar refractivity (Wildman–Crippen MR) is 106 cm³/mol. The second-order valence-electron chi connectivity index (χ2n) is 7.66. The zero-order valence-electron chi connectivity index (χ0n) is 16.2. The van der Waals surface area contributed by atoms with Gasteiger partial charge in [-0.25, -0.2) is 0 Å². The molecule has 0 spiro atoms. The fraction of sp³-hybridized carbons (Fsp3) is 0.409. The fourth-order valence-electron chi connectivity index (χ4n) is 3.98. The van der Waals surface area contributed by atoms with Crippen molar-refractivity contribution in [3.05, 3.63) is 64.7 Å². The molecule has 2 aromatic carbocycles. The predicted octanol–water partition coefficient (Wildman–Crippen LogP) is 0.534. The van der Waals surface area contributed by atoms with E-state index in [4.69, 9.17) is 0 Å². The minimum atomic E-state index is 0.126. The van der Waals surface area contributed by atoms with E-state index >= 15 is 0 Å². The van der Waals surface area contributed by atoms with Crippen molar-refractivity contribution in [1.29, 1.82) is 0 Å². The van der Waals surface area contributed by atoms with Gasteiger partial charge in [0.05, 0.1) is 0 Å². The first kappa shape index (κ1) is 18.6. The molecule has 1 aliphatic heterocycles. The van der Waals surface area contributed by atoms with Gasteiger partial charge in [0.1, 0.15) is 32.7 Å². The van der Waals surface area contributed by atoms with Crippen LogP contribution in [0, 0.1) is 20.8 Å². The van der Waals surface area contributed by atoms with Gasteiger partial charge in [0.2, 0.25) is 0 Å². The molecule has 138 valence electrons. The molecule has 1 fully saturated rings. The lowest BCUT2D eigenvalue weighted by molar-refractivity contribution is -1.02. The number of piperazine rings is 1. The monoisotopic (exact) mass is 353 g/mol. The van der Waals surface area contributed by atoms with Crippen LogP contribution < -0.4 is 15.1 Å². The molecule has 0 aromatic heterocycles. The molecule has 0 atom stereocenters. The third kappa shape index (κ3) is 4.93. The van der Waals surface area contributed by atoms with E-state index in [1.54, 1.807) is 4.90 Å². The molecule has 4 heteroatoms. The van der Waals surface area contributed by atoms with E-state index in [1.807, 2.05) is 0 Å². The van der Waals surface area contributed by atoms with Crippen LogP contribution in [0.2, 0.25) is 0 Å². The van der Waals surface area contributed by atoms with E-state index < -0.39 is 0 Å². The Balaban J connectivity index is 1.48. The minimum Gasteiger partial charge on any atom is -0.322 e. The molecule has 3 N–H and O–H groups in total. The molecule has 1 heterocycles. The summed E-state index contributed by atoms with van der Waals surface area (Å²) in [7, 11) is 0. The summed E-state index contributed by atoms with van der Waals surface area (Å²) in [4.78, 5) is 15.5. The fourth-order valence-corrected chi connectivity index (χ4v) is 3.98. The summed E-state index contributed by atoms with van der Waals surface area (Å²) in [5.74, 6) is 0.126. The van der Waals surface area contributed by atoms with Gasteiger partial charge in [-0.3, -0.25) is 4.79 Å². The van der Waals surface area contributed by atoms with Crippen molar-refractivity contribution in [2.45, 2.75) is 27.3 Å². The van der Waals surface area contributed by atoms with Crippen molar-refractivity contribution in [3.63, 3.8) is 0 Å². The van der Waals surface area contributed by atoms with Crippen molar-refractivity contribution >= 4 is 11.6 Å². The standard InChI is InChI=1S/C22H29N3O/c1-17-13-18(2)22(19(3)14-17)23-21(26)16-25-11-9-24(10-12-25)15-20-7-5-4-6-8-20/h4-8,13-14H,9-12,15-16H2,1-3H3,(H,23,26)/p+2. The van der Waals surface area contributed by atoms with Crippen LogP contribution in [0.3, 0.4) is 0 Å². The number of benzene rings is 2. The normalized spacial score (nSPS) is 20.0. The highest BCUT2D eigenvalue weighted by atomic mass is 16.2. The lowest BCUT2D eigenvalue weighted by Gasteiger charge is -2.29. The third-order valence-corrected chi connectivity index (χ3v) is 5.31. The Kier molecular flexibility index (Phi) is 6.07. The molecule has 0 unspecified atom stereocenters. The molecule has 0 bridgehead atoms.